The van der Waals surface area contributed by atoms with E-state index in [4.69, 9.17) is 9.47 Å². The number of halogens is 1. The molecule has 1 heterocycles. The van der Waals surface area contributed by atoms with E-state index in [1.165, 1.54) is 5.57 Å². The lowest BCUT2D eigenvalue weighted by atomic mass is 9.43. The van der Waals surface area contributed by atoms with E-state index in [0.29, 0.717) is 28.7 Å². The number of hydrogen-bond acceptors (Lipinski definition) is 5. The van der Waals surface area contributed by atoms with E-state index in [9.17, 15) is 14.7 Å². The molecule has 0 saturated heterocycles. The second-order valence-electron chi connectivity index (χ2n) is 11.7. The second kappa shape index (κ2) is 9.30. The molecule has 2 fully saturated rings. The molecule has 0 aromatic heterocycles. The number of phenolic OH excluding ortho intramolecular Hbond substituents is 1. The van der Waals surface area contributed by atoms with Crippen molar-refractivity contribution in [3.63, 3.8) is 0 Å². The number of rotatable bonds is 7. The maximum atomic E-state index is 13.2. The van der Waals surface area contributed by atoms with Crippen LogP contribution in [-0.4, -0.2) is 29.1 Å². The fraction of sp³-hybridized carbons (Fsp3) is 0.484. The van der Waals surface area contributed by atoms with E-state index in [2.05, 4.69) is 49.7 Å². The fourth-order valence-corrected chi connectivity index (χ4v) is 7.57. The Kier molecular flexibility index (Phi) is 6.54. The third-order valence-electron chi connectivity index (χ3n) is 9.10. The van der Waals surface area contributed by atoms with Crippen LogP contribution >= 0.6 is 15.9 Å². The van der Waals surface area contributed by atoms with E-state index in [1.807, 2.05) is 6.07 Å². The predicted molar refractivity (Wildman–Crippen MR) is 146 cm³/mol. The quantitative estimate of drug-likeness (QED) is 0.213. The topological polar surface area (TPSA) is 72.8 Å². The van der Waals surface area contributed by atoms with Crippen molar-refractivity contribution >= 4 is 27.7 Å². The summed E-state index contributed by atoms with van der Waals surface area (Å²) in [6.45, 7) is 10.2. The minimum absolute atomic E-state index is 0.0123. The largest absolute Gasteiger partial charge is 0.507 e. The number of esters is 1. The number of benzene rings is 2. The average molecular weight is 568 g/mol. The van der Waals surface area contributed by atoms with Crippen molar-refractivity contribution < 1.29 is 24.2 Å². The molecule has 37 heavy (non-hydrogen) atoms. The Hall–Kier alpha value is -2.60. The Balaban J connectivity index is 1.45. The summed E-state index contributed by atoms with van der Waals surface area (Å²) >= 11 is 3.35. The Morgan fingerprint density at radius 3 is 2.59 bits per heavy atom. The van der Waals surface area contributed by atoms with Crippen LogP contribution in [0.3, 0.4) is 0 Å². The van der Waals surface area contributed by atoms with Crippen LogP contribution in [-0.2, 0) is 4.74 Å². The maximum absolute atomic E-state index is 13.2. The van der Waals surface area contributed by atoms with Gasteiger partial charge in [0.25, 0.3) is 0 Å². The summed E-state index contributed by atoms with van der Waals surface area (Å²) in [7, 11) is 0. The molecule has 5 nitrogen and oxygen atoms in total. The lowest BCUT2D eigenvalue weighted by Crippen LogP contribution is -2.60. The Morgan fingerprint density at radius 1 is 1.22 bits per heavy atom. The zero-order valence-corrected chi connectivity index (χ0v) is 23.8. The number of aryl methyl sites for hydroxylation is 1. The normalized spacial score (nSPS) is 28.9. The van der Waals surface area contributed by atoms with Gasteiger partial charge in [0, 0.05) is 27.4 Å². The molecule has 0 spiro atoms. The van der Waals surface area contributed by atoms with Gasteiger partial charge in [-0.25, -0.2) is 4.79 Å². The van der Waals surface area contributed by atoms with Crippen molar-refractivity contribution in [1.29, 1.82) is 0 Å². The van der Waals surface area contributed by atoms with Crippen molar-refractivity contribution in [2.24, 2.45) is 17.3 Å². The van der Waals surface area contributed by atoms with E-state index in [1.54, 1.807) is 31.2 Å². The van der Waals surface area contributed by atoms with Gasteiger partial charge >= 0.3 is 5.97 Å². The van der Waals surface area contributed by atoms with Crippen molar-refractivity contribution in [1.82, 2.24) is 0 Å². The van der Waals surface area contributed by atoms with Gasteiger partial charge in [-0.3, -0.25) is 4.79 Å². The number of fused-ring (bicyclic) bond motifs is 2. The van der Waals surface area contributed by atoms with Gasteiger partial charge in [-0.15, -0.1) is 0 Å². The highest BCUT2D eigenvalue weighted by Crippen LogP contribution is 2.75. The lowest BCUT2D eigenvalue weighted by molar-refractivity contribution is -0.133. The van der Waals surface area contributed by atoms with Crippen molar-refractivity contribution in [3.8, 4) is 11.5 Å². The molecule has 2 aliphatic carbocycles. The zero-order valence-electron chi connectivity index (χ0n) is 22.2. The van der Waals surface area contributed by atoms with Gasteiger partial charge in [-0.05, 0) is 88.5 Å². The lowest BCUT2D eigenvalue weighted by Gasteiger charge is -2.63. The molecule has 5 atom stereocenters. The highest BCUT2D eigenvalue weighted by atomic mass is 79.9. The highest BCUT2D eigenvalue weighted by Gasteiger charge is 2.71. The molecule has 0 unspecified atom stereocenters. The molecule has 6 heteroatoms. The number of aromatic hydroxyl groups is 1. The predicted octanol–water partition coefficient (Wildman–Crippen LogP) is 7.53. The minimum atomic E-state index is -0.690. The van der Waals surface area contributed by atoms with Crippen LogP contribution in [0.1, 0.15) is 91.1 Å². The molecule has 2 aromatic rings. The van der Waals surface area contributed by atoms with Crippen molar-refractivity contribution in [2.75, 3.05) is 6.61 Å². The average Bonchev–Trinajstić information content (AvgIpc) is 3.17. The van der Waals surface area contributed by atoms with Gasteiger partial charge in [0.1, 0.15) is 22.7 Å². The van der Waals surface area contributed by atoms with Crippen LogP contribution in [0.4, 0.5) is 0 Å². The van der Waals surface area contributed by atoms with Crippen molar-refractivity contribution in [3.05, 3.63) is 68.7 Å². The first-order chi connectivity index (χ1) is 17.5. The standard InChI is InChI=1S/C31H35BrO5/c1-17(2)7-6-13-30(4)21-12-14-31(5)26(21)27(30)25-23(37-31)15-18(3)24(28(25)34)29(35)36-16-22(33)19-8-10-20(32)11-9-19/h7-11,15,21,26-27,34H,6,12-14,16H2,1-5H3/t21-,26+,27+,30+,31+/m1/s1. The molecule has 2 saturated carbocycles. The molecule has 5 rings (SSSR count). The summed E-state index contributed by atoms with van der Waals surface area (Å²) in [5.74, 6) is 0.585. The van der Waals surface area contributed by atoms with Gasteiger partial charge < -0.3 is 14.6 Å². The Bertz CT molecular complexity index is 1290. The van der Waals surface area contributed by atoms with Crippen LogP contribution in [0.15, 0.2) is 46.5 Å². The molecular weight excluding hydrogens is 532 g/mol. The highest BCUT2D eigenvalue weighted by molar-refractivity contribution is 9.10. The number of phenols is 1. The van der Waals surface area contributed by atoms with E-state index >= 15 is 0 Å². The van der Waals surface area contributed by atoms with Gasteiger partial charge in [0.15, 0.2) is 12.4 Å². The number of carbonyl (C=O) groups is 2. The molecule has 0 radical (unpaired) electrons. The number of ketones is 1. The maximum Gasteiger partial charge on any atom is 0.342 e. The van der Waals surface area contributed by atoms with Gasteiger partial charge in [-0.2, -0.15) is 0 Å². The van der Waals surface area contributed by atoms with E-state index in [-0.39, 0.29) is 40.6 Å². The number of Topliss-reactive ketones (excluding diaryl/α,β-unsaturated/α-hetero) is 1. The Labute approximate surface area is 227 Å². The summed E-state index contributed by atoms with van der Waals surface area (Å²) in [5, 5.41) is 11.6. The summed E-state index contributed by atoms with van der Waals surface area (Å²) < 4.78 is 12.8. The number of allylic oxidation sites excluding steroid dienone is 2. The van der Waals surface area contributed by atoms with Gasteiger partial charge in [-0.1, -0.05) is 46.6 Å². The smallest absolute Gasteiger partial charge is 0.342 e. The van der Waals surface area contributed by atoms with Crippen molar-refractivity contribution in [2.45, 2.75) is 71.8 Å². The van der Waals surface area contributed by atoms with Crippen LogP contribution in [0.5, 0.6) is 11.5 Å². The fourth-order valence-electron chi connectivity index (χ4n) is 7.30. The summed E-state index contributed by atoms with van der Waals surface area (Å²) in [5.41, 5.74) is 2.97. The Morgan fingerprint density at radius 2 is 1.92 bits per heavy atom. The molecule has 0 amide bonds. The molecule has 2 aromatic carbocycles. The zero-order chi connectivity index (χ0) is 26.7. The van der Waals surface area contributed by atoms with Gasteiger partial charge in [0.2, 0.25) is 0 Å². The molecule has 0 bridgehead atoms. The third-order valence-corrected chi connectivity index (χ3v) is 9.63. The third kappa shape index (κ3) is 4.21. The van der Waals surface area contributed by atoms with Crippen LogP contribution in [0, 0.1) is 24.2 Å². The summed E-state index contributed by atoms with van der Waals surface area (Å²) in [6, 6.07) is 8.77. The minimum Gasteiger partial charge on any atom is -0.507 e. The molecular formula is C31H35BrO5. The molecule has 3 aliphatic rings. The van der Waals surface area contributed by atoms with Gasteiger partial charge in [0.05, 0.1) is 0 Å². The summed E-state index contributed by atoms with van der Waals surface area (Å²) in [6.07, 6.45) is 6.41. The van der Waals surface area contributed by atoms with E-state index < -0.39 is 5.97 Å². The number of hydrogen-bond donors (Lipinski definition) is 1. The first kappa shape index (κ1) is 26.0. The van der Waals surface area contributed by atoms with Crippen LogP contribution in [0.25, 0.3) is 0 Å². The number of carbonyl (C=O) groups excluding carboxylic acids is 2. The monoisotopic (exact) mass is 566 g/mol. The first-order valence-electron chi connectivity index (χ1n) is 13.1. The SMILES string of the molecule is CC(C)=CCC[C@@]1(C)[C@@H]2CC[C@]3(C)Oc4cc(C)c(C(=O)OCC(=O)c5ccc(Br)cc5)c(O)c4[C@H]1[C@H]23. The second-order valence-corrected chi connectivity index (χ2v) is 12.6. The first-order valence-corrected chi connectivity index (χ1v) is 13.9. The molecule has 196 valence electrons. The molecule has 1 aliphatic heterocycles. The van der Waals surface area contributed by atoms with Crippen LogP contribution in [0.2, 0.25) is 0 Å². The van der Waals surface area contributed by atoms with E-state index in [0.717, 1.165) is 35.7 Å². The number of ether oxygens (including phenoxy) is 2. The summed E-state index contributed by atoms with van der Waals surface area (Å²) in [4.78, 5) is 25.8. The molecule has 1 N–H and O–H groups in total. The van der Waals surface area contributed by atoms with Crippen LogP contribution < -0.4 is 4.74 Å².